The van der Waals surface area contributed by atoms with E-state index in [0.717, 1.165) is 5.56 Å². The standard InChI is InChI=1S/C14H15FN2O2/c1-9-13(14(18)19)4-5-17(9)8-10-2-3-12(15)6-11(10)7-16/h2-3,6,9,13H,4-5,8H2,1H3,(H,18,19). The van der Waals surface area contributed by atoms with Crippen molar-refractivity contribution >= 4 is 5.97 Å². The molecular weight excluding hydrogens is 247 g/mol. The minimum atomic E-state index is -0.783. The van der Waals surface area contributed by atoms with Crippen molar-refractivity contribution < 1.29 is 14.3 Å². The Labute approximate surface area is 111 Å². The fourth-order valence-electron chi connectivity index (χ4n) is 2.57. The fourth-order valence-corrected chi connectivity index (χ4v) is 2.57. The van der Waals surface area contributed by atoms with Crippen LogP contribution in [0.15, 0.2) is 18.2 Å². The maximum atomic E-state index is 13.0. The molecule has 1 heterocycles. The van der Waals surface area contributed by atoms with Crippen LogP contribution in [0.25, 0.3) is 0 Å². The van der Waals surface area contributed by atoms with E-state index >= 15 is 0 Å². The van der Waals surface area contributed by atoms with E-state index in [4.69, 9.17) is 10.4 Å². The van der Waals surface area contributed by atoms with Gasteiger partial charge in [0.1, 0.15) is 5.82 Å². The lowest BCUT2D eigenvalue weighted by atomic mass is 10.0. The van der Waals surface area contributed by atoms with Crippen molar-refractivity contribution in [3.63, 3.8) is 0 Å². The van der Waals surface area contributed by atoms with Gasteiger partial charge >= 0.3 is 5.97 Å². The zero-order valence-electron chi connectivity index (χ0n) is 10.6. The second-order valence-electron chi connectivity index (χ2n) is 4.86. The topological polar surface area (TPSA) is 64.3 Å². The number of carbonyl (C=O) groups is 1. The molecule has 0 aromatic heterocycles. The number of benzene rings is 1. The van der Waals surface area contributed by atoms with E-state index in [-0.39, 0.29) is 12.0 Å². The van der Waals surface area contributed by atoms with Crippen LogP contribution >= 0.6 is 0 Å². The molecule has 1 aliphatic rings. The number of hydrogen-bond acceptors (Lipinski definition) is 3. The second kappa shape index (κ2) is 5.37. The van der Waals surface area contributed by atoms with Crippen molar-refractivity contribution in [1.82, 2.24) is 4.90 Å². The molecule has 0 aliphatic carbocycles. The van der Waals surface area contributed by atoms with Crippen LogP contribution < -0.4 is 0 Å². The van der Waals surface area contributed by atoms with E-state index in [1.807, 2.05) is 17.9 Å². The zero-order chi connectivity index (χ0) is 14.0. The number of halogens is 1. The first-order valence-corrected chi connectivity index (χ1v) is 6.18. The van der Waals surface area contributed by atoms with Crippen molar-refractivity contribution in [3.05, 3.63) is 35.1 Å². The molecule has 1 N–H and O–H groups in total. The first kappa shape index (κ1) is 13.5. The lowest BCUT2D eigenvalue weighted by molar-refractivity contribution is -0.142. The predicted molar refractivity (Wildman–Crippen MR) is 66.7 cm³/mol. The molecule has 0 amide bonds. The average molecular weight is 262 g/mol. The molecule has 2 atom stereocenters. The number of nitrogens with zero attached hydrogens (tertiary/aromatic N) is 2. The van der Waals surface area contributed by atoms with Crippen LogP contribution in [0.4, 0.5) is 4.39 Å². The van der Waals surface area contributed by atoms with Crippen molar-refractivity contribution in [2.24, 2.45) is 5.92 Å². The van der Waals surface area contributed by atoms with Crippen molar-refractivity contribution in [1.29, 1.82) is 5.26 Å². The lowest BCUT2D eigenvalue weighted by Gasteiger charge is -2.23. The van der Waals surface area contributed by atoms with Gasteiger partial charge in [0.05, 0.1) is 17.6 Å². The van der Waals surface area contributed by atoms with E-state index in [1.54, 1.807) is 6.07 Å². The SMILES string of the molecule is CC1C(C(=O)O)CCN1Cc1ccc(F)cc1C#N. The first-order chi connectivity index (χ1) is 9.02. The van der Waals surface area contributed by atoms with Crippen LogP contribution in [0.1, 0.15) is 24.5 Å². The summed E-state index contributed by atoms with van der Waals surface area (Å²) in [6.45, 7) is 3.04. The Morgan fingerprint density at radius 1 is 1.63 bits per heavy atom. The summed E-state index contributed by atoms with van der Waals surface area (Å²) in [6, 6.07) is 6.03. The lowest BCUT2D eigenvalue weighted by Crippen LogP contribution is -2.32. The molecule has 1 saturated heterocycles. The highest BCUT2D eigenvalue weighted by Crippen LogP contribution is 2.26. The largest absolute Gasteiger partial charge is 0.481 e. The summed E-state index contributed by atoms with van der Waals surface area (Å²) in [7, 11) is 0. The number of likely N-dealkylation sites (tertiary alicyclic amines) is 1. The van der Waals surface area contributed by atoms with Gasteiger partial charge in [-0.3, -0.25) is 9.69 Å². The molecule has 2 unspecified atom stereocenters. The monoisotopic (exact) mass is 262 g/mol. The molecule has 1 fully saturated rings. The molecule has 0 bridgehead atoms. The molecule has 1 aromatic carbocycles. The maximum Gasteiger partial charge on any atom is 0.308 e. The highest BCUT2D eigenvalue weighted by Gasteiger charge is 2.35. The van der Waals surface area contributed by atoms with Crippen molar-refractivity contribution in [2.75, 3.05) is 6.54 Å². The Balaban J connectivity index is 2.15. The minimum Gasteiger partial charge on any atom is -0.481 e. The third-order valence-corrected chi connectivity index (χ3v) is 3.77. The first-order valence-electron chi connectivity index (χ1n) is 6.18. The number of rotatable bonds is 3. The van der Waals surface area contributed by atoms with E-state index in [1.165, 1.54) is 12.1 Å². The van der Waals surface area contributed by atoms with Crippen LogP contribution in [0.5, 0.6) is 0 Å². The summed E-state index contributed by atoms with van der Waals surface area (Å²) in [5.41, 5.74) is 1.05. The molecule has 19 heavy (non-hydrogen) atoms. The van der Waals surface area contributed by atoms with Gasteiger partial charge in [0.2, 0.25) is 0 Å². The summed E-state index contributed by atoms with van der Waals surface area (Å²) < 4.78 is 13.0. The van der Waals surface area contributed by atoms with Gasteiger partial charge in [0.25, 0.3) is 0 Å². The molecule has 0 radical (unpaired) electrons. The van der Waals surface area contributed by atoms with Crippen LogP contribution in [0, 0.1) is 23.1 Å². The summed E-state index contributed by atoms with van der Waals surface area (Å²) in [4.78, 5) is 13.1. The Bertz CT molecular complexity index is 539. The second-order valence-corrected chi connectivity index (χ2v) is 4.86. The number of carboxylic acid groups (broad SMARTS) is 1. The summed E-state index contributed by atoms with van der Waals surface area (Å²) in [5.74, 6) is -1.58. The van der Waals surface area contributed by atoms with Crippen LogP contribution in [0.2, 0.25) is 0 Å². The molecule has 0 saturated carbocycles. The minimum absolute atomic E-state index is 0.0749. The smallest absolute Gasteiger partial charge is 0.308 e. The number of carboxylic acids is 1. The van der Waals surface area contributed by atoms with Gasteiger partial charge in [-0.15, -0.1) is 0 Å². The van der Waals surface area contributed by atoms with Crippen molar-refractivity contribution in [2.45, 2.75) is 25.9 Å². The van der Waals surface area contributed by atoms with Gasteiger partial charge in [-0.25, -0.2) is 4.39 Å². The molecule has 100 valence electrons. The number of aliphatic carboxylic acids is 1. The third-order valence-electron chi connectivity index (χ3n) is 3.77. The molecule has 4 nitrogen and oxygen atoms in total. The van der Waals surface area contributed by atoms with Gasteiger partial charge in [-0.2, -0.15) is 5.26 Å². The Morgan fingerprint density at radius 3 is 2.95 bits per heavy atom. The van der Waals surface area contributed by atoms with Gasteiger partial charge in [-0.1, -0.05) is 6.07 Å². The summed E-state index contributed by atoms with van der Waals surface area (Å²) in [5, 5.41) is 18.1. The summed E-state index contributed by atoms with van der Waals surface area (Å²) in [6.07, 6.45) is 0.611. The van der Waals surface area contributed by atoms with E-state index < -0.39 is 11.8 Å². The van der Waals surface area contributed by atoms with Crippen molar-refractivity contribution in [3.8, 4) is 6.07 Å². The van der Waals surface area contributed by atoms with Gasteiger partial charge in [-0.05, 0) is 37.6 Å². The number of hydrogen-bond donors (Lipinski definition) is 1. The van der Waals surface area contributed by atoms with Gasteiger partial charge < -0.3 is 5.11 Å². The van der Waals surface area contributed by atoms with Crippen LogP contribution in [-0.4, -0.2) is 28.6 Å². The van der Waals surface area contributed by atoms with Crippen LogP contribution in [-0.2, 0) is 11.3 Å². The Hall–Kier alpha value is -1.93. The van der Waals surface area contributed by atoms with E-state index in [0.29, 0.717) is 25.1 Å². The third kappa shape index (κ3) is 2.74. The summed E-state index contributed by atoms with van der Waals surface area (Å²) >= 11 is 0. The molecular formula is C14H15FN2O2. The Kier molecular flexibility index (Phi) is 3.82. The normalized spacial score (nSPS) is 23.2. The number of nitriles is 1. The quantitative estimate of drug-likeness (QED) is 0.904. The average Bonchev–Trinajstić information content (AvgIpc) is 2.73. The highest BCUT2D eigenvalue weighted by molar-refractivity contribution is 5.71. The Morgan fingerprint density at radius 2 is 2.37 bits per heavy atom. The molecule has 1 aromatic rings. The molecule has 1 aliphatic heterocycles. The molecule has 5 heteroatoms. The van der Waals surface area contributed by atoms with E-state index in [9.17, 15) is 9.18 Å². The van der Waals surface area contributed by atoms with Gasteiger partial charge in [0, 0.05) is 12.6 Å². The maximum absolute atomic E-state index is 13.0. The molecule has 2 rings (SSSR count). The van der Waals surface area contributed by atoms with Gasteiger partial charge in [0.15, 0.2) is 0 Å². The fraction of sp³-hybridized carbons (Fsp3) is 0.429. The zero-order valence-corrected chi connectivity index (χ0v) is 10.6. The molecule has 0 spiro atoms. The predicted octanol–water partition coefficient (Wildman–Crippen LogP) is 1.99. The van der Waals surface area contributed by atoms with Crippen LogP contribution in [0.3, 0.4) is 0 Å². The highest BCUT2D eigenvalue weighted by atomic mass is 19.1. The van der Waals surface area contributed by atoms with E-state index in [2.05, 4.69) is 0 Å².